The molecule has 18 nitrogen and oxygen atoms in total. The molecule has 0 radical (unpaired) electrons. The zero-order valence-electron chi connectivity index (χ0n) is 57.0. The van der Waals surface area contributed by atoms with Gasteiger partial charge in [0.05, 0.1) is 97.9 Å². The zero-order valence-corrected chi connectivity index (χ0v) is 57.0. The third kappa shape index (κ3) is 16.3. The molecular formula is C72H120O18. The molecule has 0 amide bonds. The number of esters is 4. The first kappa shape index (κ1) is 71.8. The van der Waals surface area contributed by atoms with Crippen molar-refractivity contribution >= 4 is 23.9 Å². The summed E-state index contributed by atoms with van der Waals surface area (Å²) in [5.74, 6) is 4.26. The number of aliphatic hydroxyl groups excluding tert-OH is 6. The molecular weight excluding hydrogens is 1150 g/mol. The second-order valence-electron chi connectivity index (χ2n) is 33.5. The summed E-state index contributed by atoms with van der Waals surface area (Å²) >= 11 is 0. The largest absolute Gasteiger partial charge is 0.459 e. The van der Waals surface area contributed by atoms with Crippen molar-refractivity contribution in [1.82, 2.24) is 0 Å². The Morgan fingerprint density at radius 1 is 0.389 bits per heavy atom. The molecule has 16 saturated carbocycles. The summed E-state index contributed by atoms with van der Waals surface area (Å²) in [6.07, 6.45) is 25.6. The Labute approximate surface area is 538 Å². The van der Waals surface area contributed by atoms with E-state index in [0.717, 1.165) is 154 Å². The Bertz CT molecular complexity index is 2380. The van der Waals surface area contributed by atoms with Crippen molar-refractivity contribution in [2.75, 3.05) is 52.9 Å². The quantitative estimate of drug-likeness (QED) is 0.0347. The Kier molecular flexibility index (Phi) is 22.6. The lowest BCUT2D eigenvalue weighted by molar-refractivity contribution is -0.243. The van der Waals surface area contributed by atoms with Gasteiger partial charge in [-0.2, -0.15) is 0 Å². The van der Waals surface area contributed by atoms with E-state index < -0.39 is 28.6 Å². The van der Waals surface area contributed by atoms with Gasteiger partial charge in [-0.05, 0) is 229 Å². The number of carbonyl (C=O) groups is 4. The molecule has 16 fully saturated rings. The molecule has 0 aliphatic heterocycles. The van der Waals surface area contributed by atoms with Crippen LogP contribution >= 0.6 is 0 Å². The fourth-order valence-corrected chi connectivity index (χ4v) is 20.6. The highest BCUT2D eigenvalue weighted by Gasteiger charge is 2.65. The Morgan fingerprint density at radius 3 is 0.844 bits per heavy atom. The van der Waals surface area contributed by atoms with E-state index in [1.54, 1.807) is 0 Å². The molecule has 12 atom stereocenters. The lowest BCUT2D eigenvalue weighted by atomic mass is 9.52. The van der Waals surface area contributed by atoms with E-state index in [1.165, 1.54) is 25.7 Å². The number of ether oxygens (including phenoxy) is 8. The smallest absolute Gasteiger partial charge is 0.312 e. The summed E-state index contributed by atoms with van der Waals surface area (Å²) in [6.45, 7) is 20.4. The van der Waals surface area contributed by atoms with Gasteiger partial charge in [-0.25, -0.2) is 0 Å². The average molecular weight is 1270 g/mol. The van der Waals surface area contributed by atoms with Crippen LogP contribution in [0.1, 0.15) is 249 Å². The lowest BCUT2D eigenvalue weighted by Crippen LogP contribution is -2.62. The first-order chi connectivity index (χ1) is 42.4. The van der Waals surface area contributed by atoms with Gasteiger partial charge in [0.25, 0.3) is 0 Å². The second kappa shape index (κ2) is 28.3. The van der Waals surface area contributed by atoms with Gasteiger partial charge in [0, 0.05) is 25.7 Å². The van der Waals surface area contributed by atoms with Crippen LogP contribution in [0.25, 0.3) is 0 Å². The van der Waals surface area contributed by atoms with Gasteiger partial charge >= 0.3 is 23.9 Å². The standard InChI is InChI=1S/C19H32O5.C18H30O5.C18H30O4.C17H28O4/c1-4-17(2,3)16(22)24-19-8-13-5-14(9-19)7-18(6-13,12-19)23-11-15(21)10-20;1-3-12(2)16(21)23-18-7-13-4-14(8-18)6-17(5-13,11-18)22-10-15(20)9-19;1-4-16(2,3)15(20)22-18-10-13-7-14(11-18)9-17(8-13,12-18)21-6-5-19;1-3-12(2)15(19)21-17-9-13-6-14(10-17)8-16(7-13,11-17)20-5-4-18/h13-15,20-21H,4-12H2,1-3H3;12-15,19-20H,3-11H2,1-2H3;13-14,19H,4-12H2,1-3H3;12-14,18H,3-11H2,1-2H3. The van der Waals surface area contributed by atoms with Crippen LogP contribution in [-0.4, -0.2) is 164 Å². The number of hydrogen-bond acceptors (Lipinski definition) is 18. The molecule has 12 unspecified atom stereocenters. The lowest BCUT2D eigenvalue weighted by Gasteiger charge is -2.61. The van der Waals surface area contributed by atoms with Crippen molar-refractivity contribution in [3.8, 4) is 0 Å². The molecule has 18 heteroatoms. The topological polar surface area (TPSA) is 263 Å². The van der Waals surface area contributed by atoms with Crippen LogP contribution in [0, 0.1) is 70.0 Å². The minimum absolute atomic E-state index is 0.0210. The van der Waals surface area contributed by atoms with E-state index in [-0.39, 0.29) is 115 Å². The summed E-state index contributed by atoms with van der Waals surface area (Å²) < 4.78 is 48.6. The van der Waals surface area contributed by atoms with Gasteiger partial charge < -0.3 is 68.5 Å². The molecule has 0 aromatic carbocycles. The van der Waals surface area contributed by atoms with Crippen LogP contribution < -0.4 is 0 Å². The molecule has 6 N–H and O–H groups in total. The maximum atomic E-state index is 12.7. The maximum Gasteiger partial charge on any atom is 0.312 e. The second-order valence-corrected chi connectivity index (χ2v) is 33.5. The van der Waals surface area contributed by atoms with Crippen molar-refractivity contribution in [3.63, 3.8) is 0 Å². The highest BCUT2D eigenvalue weighted by molar-refractivity contribution is 5.77. The Hall–Kier alpha value is -2.52. The molecule has 0 aromatic heterocycles. The van der Waals surface area contributed by atoms with E-state index >= 15 is 0 Å². The van der Waals surface area contributed by atoms with Crippen molar-refractivity contribution in [1.29, 1.82) is 0 Å². The number of rotatable bonds is 26. The van der Waals surface area contributed by atoms with Crippen molar-refractivity contribution in [3.05, 3.63) is 0 Å². The first-order valence-corrected chi connectivity index (χ1v) is 35.7. The van der Waals surface area contributed by atoms with E-state index in [1.807, 2.05) is 69.2 Å². The highest BCUT2D eigenvalue weighted by atomic mass is 16.6. The molecule has 0 heterocycles. The zero-order chi connectivity index (χ0) is 65.4. The van der Waals surface area contributed by atoms with Crippen LogP contribution in [0.4, 0.5) is 0 Å². The van der Waals surface area contributed by atoms with Crippen LogP contribution in [0.5, 0.6) is 0 Å². The number of hydrogen-bond donors (Lipinski definition) is 6. The predicted octanol–water partition coefficient (Wildman–Crippen LogP) is 10.2. The van der Waals surface area contributed by atoms with E-state index in [2.05, 4.69) is 0 Å². The summed E-state index contributed by atoms with van der Waals surface area (Å²) in [5, 5.41) is 55.5. The molecule has 0 saturated heterocycles. The van der Waals surface area contributed by atoms with Crippen LogP contribution in [-0.2, 0) is 57.1 Å². The van der Waals surface area contributed by atoms with Crippen molar-refractivity contribution in [2.24, 2.45) is 70.0 Å². The summed E-state index contributed by atoms with van der Waals surface area (Å²) in [4.78, 5) is 49.9. The number of aliphatic hydroxyl groups is 6. The third-order valence-corrected chi connectivity index (χ3v) is 24.6. The molecule has 16 aliphatic carbocycles. The molecule has 0 aromatic rings. The van der Waals surface area contributed by atoms with Gasteiger partial charge in [-0.1, -0.05) is 41.5 Å². The van der Waals surface area contributed by atoms with Gasteiger partial charge in [0.1, 0.15) is 34.6 Å². The summed E-state index contributed by atoms with van der Waals surface area (Å²) in [6, 6.07) is 0. The maximum absolute atomic E-state index is 12.7. The van der Waals surface area contributed by atoms with E-state index in [0.29, 0.717) is 60.6 Å². The minimum Gasteiger partial charge on any atom is -0.459 e. The van der Waals surface area contributed by atoms with Crippen LogP contribution in [0.15, 0.2) is 0 Å². The predicted molar refractivity (Wildman–Crippen MR) is 336 cm³/mol. The molecule has 516 valence electrons. The van der Waals surface area contributed by atoms with Crippen LogP contribution in [0.3, 0.4) is 0 Å². The molecule has 16 bridgehead atoms. The average Bonchev–Trinajstić information content (AvgIpc) is 0.754. The fraction of sp³-hybridized carbons (Fsp3) is 0.944. The summed E-state index contributed by atoms with van der Waals surface area (Å²) in [7, 11) is 0. The number of carbonyl (C=O) groups excluding carboxylic acids is 4. The molecule has 0 spiro atoms. The minimum atomic E-state index is -0.837. The first-order valence-electron chi connectivity index (χ1n) is 35.7. The van der Waals surface area contributed by atoms with Crippen molar-refractivity contribution in [2.45, 2.75) is 306 Å². The van der Waals surface area contributed by atoms with Gasteiger partial charge in [0.2, 0.25) is 0 Å². The third-order valence-electron chi connectivity index (χ3n) is 24.6. The van der Waals surface area contributed by atoms with E-state index in [4.69, 9.17) is 58.3 Å². The Balaban J connectivity index is 0.000000142. The van der Waals surface area contributed by atoms with Gasteiger partial charge in [-0.3, -0.25) is 19.2 Å². The summed E-state index contributed by atoms with van der Waals surface area (Å²) in [5.41, 5.74) is -3.12. The normalized spacial score (nSPS) is 40.4. The van der Waals surface area contributed by atoms with Gasteiger partial charge in [-0.15, -0.1) is 0 Å². The Morgan fingerprint density at radius 2 is 0.622 bits per heavy atom. The monoisotopic (exact) mass is 1270 g/mol. The van der Waals surface area contributed by atoms with Crippen molar-refractivity contribution < 1.29 is 87.7 Å². The molecule has 90 heavy (non-hydrogen) atoms. The fourth-order valence-electron chi connectivity index (χ4n) is 20.6. The molecule has 16 rings (SSSR count). The SMILES string of the molecule is CCC(C)(C)C(=O)OC12CC3CC(CC(OCC(O)CO)(C3)C1)C2.CCC(C)(C)C(=O)OC12CC3CC(CC(OCCO)(C3)C1)C2.CCC(C)C(=O)OC12CC3CC(CC(OCC(O)CO)(C3)C1)C2.CCC(C)C(=O)OC12CC3CC(CC(OCCO)(C3)C1)C2. The van der Waals surface area contributed by atoms with E-state index in [9.17, 15) is 29.4 Å². The molecule has 16 aliphatic rings. The van der Waals surface area contributed by atoms with Crippen LogP contribution in [0.2, 0.25) is 0 Å². The highest BCUT2D eigenvalue weighted by Crippen LogP contribution is 2.64. The van der Waals surface area contributed by atoms with Gasteiger partial charge in [0.15, 0.2) is 0 Å².